The van der Waals surface area contributed by atoms with Crippen LogP contribution in [-0.4, -0.2) is 55.6 Å². The van der Waals surface area contributed by atoms with Gasteiger partial charge in [-0.05, 0) is 44.0 Å². The molecule has 2 aromatic heterocycles. The summed E-state index contributed by atoms with van der Waals surface area (Å²) in [6, 6.07) is 6.87. The second kappa shape index (κ2) is 9.76. The minimum atomic E-state index is -0.662. The van der Waals surface area contributed by atoms with E-state index in [0.29, 0.717) is 35.8 Å². The van der Waals surface area contributed by atoms with E-state index in [9.17, 15) is 19.2 Å². The SMILES string of the molecule is CCOC(=O)[C@@H]1CCCN(C(=O)Cn2c(=O)c3cnc(-c4ccc(Cl)cc4)nc3n(C)c2=O)C1. The summed E-state index contributed by atoms with van der Waals surface area (Å²) in [7, 11) is 1.49. The molecule has 4 rings (SSSR count). The molecule has 10 nitrogen and oxygen atoms in total. The van der Waals surface area contributed by atoms with Crippen LogP contribution in [-0.2, 0) is 27.9 Å². The molecular formula is C23H24ClN5O5. The van der Waals surface area contributed by atoms with E-state index in [1.54, 1.807) is 31.2 Å². The van der Waals surface area contributed by atoms with Crippen molar-refractivity contribution in [1.29, 1.82) is 0 Å². The summed E-state index contributed by atoms with van der Waals surface area (Å²) in [5.41, 5.74) is -0.461. The van der Waals surface area contributed by atoms with E-state index in [4.69, 9.17) is 16.3 Å². The molecule has 178 valence electrons. The molecule has 0 spiro atoms. The highest BCUT2D eigenvalue weighted by Crippen LogP contribution is 2.20. The fourth-order valence-corrected chi connectivity index (χ4v) is 4.18. The first-order valence-corrected chi connectivity index (χ1v) is 11.3. The van der Waals surface area contributed by atoms with Crippen LogP contribution in [0.2, 0.25) is 5.02 Å². The molecule has 0 radical (unpaired) electrons. The molecule has 1 aliphatic rings. The number of carbonyl (C=O) groups excluding carboxylic acids is 2. The third-order valence-corrected chi connectivity index (χ3v) is 6.12. The predicted octanol–water partition coefficient (Wildman–Crippen LogP) is 1.61. The number of amides is 1. The second-order valence-corrected chi connectivity index (χ2v) is 8.54. The maximum absolute atomic E-state index is 13.1. The molecular weight excluding hydrogens is 462 g/mol. The van der Waals surface area contributed by atoms with Gasteiger partial charge >= 0.3 is 11.7 Å². The Hall–Kier alpha value is -3.53. The Morgan fingerprint density at radius 2 is 1.94 bits per heavy atom. The van der Waals surface area contributed by atoms with Crippen molar-refractivity contribution < 1.29 is 14.3 Å². The number of likely N-dealkylation sites (tertiary alicyclic amines) is 1. The molecule has 0 bridgehead atoms. The number of ether oxygens (including phenoxy) is 1. The molecule has 1 aliphatic heterocycles. The fourth-order valence-electron chi connectivity index (χ4n) is 4.05. The molecule has 0 saturated carbocycles. The minimum absolute atomic E-state index is 0.121. The maximum Gasteiger partial charge on any atom is 0.332 e. The topological polar surface area (TPSA) is 116 Å². The van der Waals surface area contributed by atoms with E-state index in [0.717, 1.165) is 4.57 Å². The van der Waals surface area contributed by atoms with Gasteiger partial charge in [0.1, 0.15) is 11.9 Å². The number of esters is 1. The van der Waals surface area contributed by atoms with Gasteiger partial charge in [-0.3, -0.25) is 23.5 Å². The first-order chi connectivity index (χ1) is 16.3. The van der Waals surface area contributed by atoms with Gasteiger partial charge < -0.3 is 9.64 Å². The van der Waals surface area contributed by atoms with Crippen molar-refractivity contribution in [3.05, 3.63) is 56.3 Å². The van der Waals surface area contributed by atoms with Crippen LogP contribution in [0.4, 0.5) is 0 Å². The van der Waals surface area contributed by atoms with E-state index in [2.05, 4.69) is 9.97 Å². The quantitative estimate of drug-likeness (QED) is 0.504. The van der Waals surface area contributed by atoms with Crippen LogP contribution in [0.25, 0.3) is 22.4 Å². The monoisotopic (exact) mass is 485 g/mol. The summed E-state index contributed by atoms with van der Waals surface area (Å²) in [6.07, 6.45) is 2.63. The molecule has 1 fully saturated rings. The van der Waals surface area contributed by atoms with Crippen LogP contribution >= 0.6 is 11.6 Å². The summed E-state index contributed by atoms with van der Waals surface area (Å²) in [5.74, 6) is -0.821. The highest BCUT2D eigenvalue weighted by Gasteiger charge is 2.30. The number of benzene rings is 1. The standard InChI is InChI=1S/C23H24ClN5O5/c1-3-34-22(32)15-5-4-10-28(12-15)18(30)13-29-21(31)17-11-25-19(14-6-8-16(24)9-7-14)26-20(17)27(2)23(29)33/h6-9,11,15H,3-5,10,12-13H2,1-2H3/t15-/m1/s1. The summed E-state index contributed by atoms with van der Waals surface area (Å²) >= 11 is 5.93. The molecule has 3 heterocycles. The van der Waals surface area contributed by atoms with Crippen molar-refractivity contribution >= 4 is 34.5 Å². The highest BCUT2D eigenvalue weighted by molar-refractivity contribution is 6.30. The van der Waals surface area contributed by atoms with Gasteiger partial charge in [0.05, 0.1) is 12.5 Å². The first-order valence-electron chi connectivity index (χ1n) is 11.0. The van der Waals surface area contributed by atoms with Crippen molar-refractivity contribution in [1.82, 2.24) is 24.0 Å². The Morgan fingerprint density at radius 1 is 1.21 bits per heavy atom. The van der Waals surface area contributed by atoms with Gasteiger partial charge in [0.2, 0.25) is 5.91 Å². The molecule has 0 unspecified atom stereocenters. The summed E-state index contributed by atoms with van der Waals surface area (Å²) in [5, 5.41) is 0.683. The normalized spacial score (nSPS) is 16.0. The van der Waals surface area contributed by atoms with Crippen LogP contribution < -0.4 is 11.2 Å². The molecule has 1 atom stereocenters. The van der Waals surface area contributed by atoms with E-state index in [1.807, 2.05) is 0 Å². The Morgan fingerprint density at radius 3 is 2.65 bits per heavy atom. The van der Waals surface area contributed by atoms with E-state index in [1.165, 1.54) is 22.7 Å². The molecule has 34 heavy (non-hydrogen) atoms. The largest absolute Gasteiger partial charge is 0.466 e. The molecule has 1 saturated heterocycles. The van der Waals surface area contributed by atoms with Gasteiger partial charge in [-0.2, -0.15) is 0 Å². The van der Waals surface area contributed by atoms with Gasteiger partial charge in [0.15, 0.2) is 11.5 Å². The Labute approximate surface area is 199 Å². The van der Waals surface area contributed by atoms with Crippen LogP contribution in [0, 0.1) is 5.92 Å². The summed E-state index contributed by atoms with van der Waals surface area (Å²) < 4.78 is 7.18. The van der Waals surface area contributed by atoms with Gasteiger partial charge in [-0.25, -0.2) is 14.8 Å². The van der Waals surface area contributed by atoms with Gasteiger partial charge in [0, 0.05) is 36.9 Å². The van der Waals surface area contributed by atoms with Crippen LogP contribution in [0.1, 0.15) is 19.8 Å². The highest BCUT2D eigenvalue weighted by atomic mass is 35.5. The number of carbonyl (C=O) groups is 2. The Bertz CT molecular complexity index is 1370. The molecule has 3 aromatic rings. The van der Waals surface area contributed by atoms with Crippen LogP contribution in [0.15, 0.2) is 40.1 Å². The number of hydrogen-bond donors (Lipinski definition) is 0. The summed E-state index contributed by atoms with van der Waals surface area (Å²) in [4.78, 5) is 61.2. The Balaban J connectivity index is 1.63. The third-order valence-electron chi connectivity index (χ3n) is 5.87. The average molecular weight is 486 g/mol. The zero-order valence-electron chi connectivity index (χ0n) is 18.9. The number of fused-ring (bicyclic) bond motifs is 1. The van der Waals surface area contributed by atoms with E-state index < -0.39 is 29.6 Å². The van der Waals surface area contributed by atoms with Crippen LogP contribution in [0.3, 0.4) is 0 Å². The van der Waals surface area contributed by atoms with E-state index >= 15 is 0 Å². The van der Waals surface area contributed by atoms with Crippen molar-refractivity contribution in [2.45, 2.75) is 26.3 Å². The van der Waals surface area contributed by atoms with Crippen molar-refractivity contribution in [3.8, 4) is 11.4 Å². The summed E-state index contributed by atoms with van der Waals surface area (Å²) in [6.45, 7) is 2.22. The molecule has 0 N–H and O–H groups in total. The van der Waals surface area contributed by atoms with Gasteiger partial charge in [-0.1, -0.05) is 11.6 Å². The average Bonchev–Trinajstić information content (AvgIpc) is 2.85. The molecule has 11 heteroatoms. The lowest BCUT2D eigenvalue weighted by molar-refractivity contribution is -0.151. The third kappa shape index (κ3) is 4.58. The fraction of sp³-hybridized carbons (Fsp3) is 0.391. The van der Waals surface area contributed by atoms with Crippen molar-refractivity contribution in [3.63, 3.8) is 0 Å². The smallest absolute Gasteiger partial charge is 0.332 e. The maximum atomic E-state index is 13.1. The number of aryl methyl sites for hydroxylation is 1. The minimum Gasteiger partial charge on any atom is -0.466 e. The van der Waals surface area contributed by atoms with Crippen molar-refractivity contribution in [2.75, 3.05) is 19.7 Å². The van der Waals surface area contributed by atoms with Gasteiger partial charge in [-0.15, -0.1) is 0 Å². The second-order valence-electron chi connectivity index (χ2n) is 8.10. The van der Waals surface area contributed by atoms with E-state index in [-0.39, 0.29) is 30.2 Å². The predicted molar refractivity (Wildman–Crippen MR) is 125 cm³/mol. The number of nitrogens with zero attached hydrogens (tertiary/aromatic N) is 5. The molecule has 0 aliphatic carbocycles. The lowest BCUT2D eigenvalue weighted by Gasteiger charge is -2.31. The Kier molecular flexibility index (Phi) is 6.78. The lowest BCUT2D eigenvalue weighted by Crippen LogP contribution is -2.48. The number of halogens is 1. The number of hydrogen-bond acceptors (Lipinski definition) is 7. The lowest BCUT2D eigenvalue weighted by atomic mass is 9.98. The zero-order valence-corrected chi connectivity index (χ0v) is 19.6. The number of piperidine rings is 1. The molecule has 1 amide bonds. The first kappa shape index (κ1) is 23.6. The van der Waals surface area contributed by atoms with Crippen LogP contribution in [0.5, 0.6) is 0 Å². The zero-order chi connectivity index (χ0) is 24.4. The number of rotatable bonds is 5. The number of aromatic nitrogens is 4. The molecule has 1 aromatic carbocycles. The van der Waals surface area contributed by atoms with Gasteiger partial charge in [0.25, 0.3) is 5.56 Å². The van der Waals surface area contributed by atoms with Crippen molar-refractivity contribution in [2.24, 2.45) is 13.0 Å².